The molecule has 1 aromatic rings. The van der Waals surface area contributed by atoms with Crippen LogP contribution in [0.25, 0.3) is 0 Å². The minimum Gasteiger partial charge on any atom is -0.303 e. The van der Waals surface area contributed by atoms with E-state index >= 15 is 0 Å². The summed E-state index contributed by atoms with van der Waals surface area (Å²) in [7, 11) is 0. The number of carbonyl (C=O) groups is 1. The second kappa shape index (κ2) is 4.69. The van der Waals surface area contributed by atoms with Crippen molar-refractivity contribution in [2.45, 2.75) is 26.2 Å². The van der Waals surface area contributed by atoms with Crippen molar-refractivity contribution in [3.05, 3.63) is 33.5 Å². The minimum absolute atomic E-state index is 0.142. The zero-order valence-corrected chi connectivity index (χ0v) is 9.77. The maximum absolute atomic E-state index is 13.2. The highest BCUT2D eigenvalue weighted by atomic mass is 79.9. The number of aldehydes is 1. The highest BCUT2D eigenvalue weighted by Crippen LogP contribution is 2.26. The van der Waals surface area contributed by atoms with Crippen LogP contribution in [0.2, 0.25) is 0 Å². The molecule has 0 aliphatic rings. The molecule has 0 heterocycles. The van der Waals surface area contributed by atoms with Crippen molar-refractivity contribution in [1.82, 2.24) is 0 Å². The zero-order valence-electron chi connectivity index (χ0n) is 8.18. The number of halogens is 2. The molecule has 0 bridgehead atoms. The summed E-state index contributed by atoms with van der Waals surface area (Å²) < 4.78 is 13.7. The van der Waals surface area contributed by atoms with E-state index < -0.39 is 0 Å². The second-order valence-electron chi connectivity index (χ2n) is 3.44. The maximum Gasteiger partial charge on any atom is 0.140 e. The number of aryl methyl sites for hydroxylation is 1. The summed E-state index contributed by atoms with van der Waals surface area (Å²) in [5.74, 6) is -0.0878. The lowest BCUT2D eigenvalue weighted by molar-refractivity contribution is -0.108. The van der Waals surface area contributed by atoms with Crippen LogP contribution in [0.1, 0.15) is 30.4 Å². The first-order chi connectivity index (χ1) is 6.56. The van der Waals surface area contributed by atoms with Crippen LogP contribution >= 0.6 is 15.9 Å². The van der Waals surface area contributed by atoms with E-state index in [-0.39, 0.29) is 11.7 Å². The fourth-order valence-electron chi connectivity index (χ4n) is 1.32. The molecule has 0 aliphatic heterocycles. The topological polar surface area (TPSA) is 17.1 Å². The predicted octanol–water partition coefficient (Wildman–Crippen LogP) is 3.59. The Balaban J connectivity index is 3.05. The molecule has 1 atom stereocenters. The molecular formula is C11H12BrFO. The van der Waals surface area contributed by atoms with Gasteiger partial charge in [0.05, 0.1) is 4.47 Å². The van der Waals surface area contributed by atoms with Gasteiger partial charge in [0, 0.05) is 6.42 Å². The van der Waals surface area contributed by atoms with Gasteiger partial charge < -0.3 is 4.79 Å². The standard InChI is InChI=1S/C11H12BrFO/c1-7(3-4-14)9-5-8(2)11(13)10(12)6-9/h4-7H,3H2,1-2H3. The molecule has 0 fully saturated rings. The molecule has 1 nitrogen and oxygen atoms in total. The molecule has 1 unspecified atom stereocenters. The van der Waals surface area contributed by atoms with Crippen LogP contribution in [0.4, 0.5) is 4.39 Å². The van der Waals surface area contributed by atoms with Crippen molar-refractivity contribution in [2.24, 2.45) is 0 Å². The number of carbonyl (C=O) groups excluding carboxylic acids is 1. The third-order valence-electron chi connectivity index (χ3n) is 2.25. The van der Waals surface area contributed by atoms with Gasteiger partial charge in [0.1, 0.15) is 12.1 Å². The lowest BCUT2D eigenvalue weighted by atomic mass is 9.97. The molecule has 0 aliphatic carbocycles. The number of hydrogen-bond acceptors (Lipinski definition) is 1. The number of rotatable bonds is 3. The van der Waals surface area contributed by atoms with Gasteiger partial charge in [-0.1, -0.05) is 13.0 Å². The number of benzene rings is 1. The molecule has 0 spiro atoms. The van der Waals surface area contributed by atoms with Crippen LogP contribution in [0.15, 0.2) is 16.6 Å². The second-order valence-corrected chi connectivity index (χ2v) is 4.29. The Kier molecular flexibility index (Phi) is 3.81. The van der Waals surface area contributed by atoms with E-state index in [0.717, 1.165) is 11.8 Å². The molecule has 0 aromatic heterocycles. The van der Waals surface area contributed by atoms with Crippen LogP contribution in [0, 0.1) is 12.7 Å². The lowest BCUT2D eigenvalue weighted by Gasteiger charge is -2.10. The summed E-state index contributed by atoms with van der Waals surface area (Å²) in [5, 5.41) is 0. The number of hydrogen-bond donors (Lipinski definition) is 0. The molecule has 0 saturated carbocycles. The predicted molar refractivity (Wildman–Crippen MR) is 57.9 cm³/mol. The summed E-state index contributed by atoms with van der Waals surface area (Å²) >= 11 is 3.15. The van der Waals surface area contributed by atoms with Gasteiger partial charge in [0.15, 0.2) is 0 Å². The highest BCUT2D eigenvalue weighted by Gasteiger charge is 2.10. The van der Waals surface area contributed by atoms with Gasteiger partial charge >= 0.3 is 0 Å². The van der Waals surface area contributed by atoms with E-state index in [9.17, 15) is 9.18 Å². The molecule has 0 radical (unpaired) electrons. The van der Waals surface area contributed by atoms with Crippen LogP contribution in [-0.2, 0) is 4.79 Å². The fourth-order valence-corrected chi connectivity index (χ4v) is 1.90. The van der Waals surface area contributed by atoms with Crippen LogP contribution in [0.5, 0.6) is 0 Å². The SMILES string of the molecule is Cc1cc(C(C)CC=O)cc(Br)c1F. The van der Waals surface area contributed by atoms with Crippen LogP contribution < -0.4 is 0 Å². The first kappa shape index (κ1) is 11.4. The van der Waals surface area contributed by atoms with Gasteiger partial charge in [0.2, 0.25) is 0 Å². The summed E-state index contributed by atoms with van der Waals surface area (Å²) in [6, 6.07) is 3.52. The molecule has 76 valence electrons. The Labute approximate surface area is 91.5 Å². The van der Waals surface area contributed by atoms with Gasteiger partial charge in [-0.05, 0) is 46.0 Å². The summed E-state index contributed by atoms with van der Waals surface area (Å²) in [5.41, 5.74) is 1.59. The van der Waals surface area contributed by atoms with Crippen molar-refractivity contribution in [1.29, 1.82) is 0 Å². The van der Waals surface area contributed by atoms with E-state index in [1.807, 2.05) is 6.92 Å². The average Bonchev–Trinajstić information content (AvgIpc) is 2.13. The Morgan fingerprint density at radius 1 is 1.57 bits per heavy atom. The van der Waals surface area contributed by atoms with E-state index in [4.69, 9.17) is 0 Å². The van der Waals surface area contributed by atoms with Gasteiger partial charge in [-0.3, -0.25) is 0 Å². The maximum atomic E-state index is 13.2. The Bertz CT molecular complexity index is 326. The molecule has 14 heavy (non-hydrogen) atoms. The van der Waals surface area contributed by atoms with Crippen molar-refractivity contribution in [3.63, 3.8) is 0 Å². The van der Waals surface area contributed by atoms with Crippen molar-refractivity contribution >= 4 is 22.2 Å². The Hall–Kier alpha value is -0.700. The van der Waals surface area contributed by atoms with Crippen molar-refractivity contribution in [2.75, 3.05) is 0 Å². The van der Waals surface area contributed by atoms with E-state index in [1.54, 1.807) is 19.1 Å². The molecule has 3 heteroatoms. The van der Waals surface area contributed by atoms with Crippen molar-refractivity contribution in [3.8, 4) is 0 Å². The quantitative estimate of drug-likeness (QED) is 0.758. The third-order valence-corrected chi connectivity index (χ3v) is 2.83. The molecular weight excluding hydrogens is 247 g/mol. The van der Waals surface area contributed by atoms with E-state index in [1.165, 1.54) is 0 Å². The minimum atomic E-state index is -0.230. The highest BCUT2D eigenvalue weighted by molar-refractivity contribution is 9.10. The van der Waals surface area contributed by atoms with E-state index in [2.05, 4.69) is 15.9 Å². The smallest absolute Gasteiger partial charge is 0.140 e. The third kappa shape index (κ3) is 2.41. The summed E-state index contributed by atoms with van der Waals surface area (Å²) in [4.78, 5) is 10.3. The average molecular weight is 259 g/mol. The van der Waals surface area contributed by atoms with Gasteiger partial charge in [-0.15, -0.1) is 0 Å². The summed E-state index contributed by atoms with van der Waals surface area (Å²) in [6.45, 7) is 3.67. The Morgan fingerprint density at radius 3 is 2.71 bits per heavy atom. The first-order valence-corrected chi connectivity index (χ1v) is 5.24. The molecule has 1 rings (SSSR count). The summed E-state index contributed by atoms with van der Waals surface area (Å²) in [6.07, 6.45) is 1.36. The monoisotopic (exact) mass is 258 g/mol. The largest absolute Gasteiger partial charge is 0.303 e. The first-order valence-electron chi connectivity index (χ1n) is 4.45. The van der Waals surface area contributed by atoms with Gasteiger partial charge in [-0.2, -0.15) is 0 Å². The van der Waals surface area contributed by atoms with E-state index in [0.29, 0.717) is 16.5 Å². The molecule has 1 aromatic carbocycles. The normalized spacial score (nSPS) is 12.6. The molecule has 0 N–H and O–H groups in total. The zero-order chi connectivity index (χ0) is 10.7. The van der Waals surface area contributed by atoms with Crippen LogP contribution in [0.3, 0.4) is 0 Å². The van der Waals surface area contributed by atoms with Crippen molar-refractivity contribution < 1.29 is 9.18 Å². The Morgan fingerprint density at radius 2 is 2.21 bits per heavy atom. The molecule has 0 amide bonds. The fraction of sp³-hybridized carbons (Fsp3) is 0.364. The lowest BCUT2D eigenvalue weighted by Crippen LogP contribution is -1.97. The molecule has 0 saturated heterocycles. The van der Waals surface area contributed by atoms with Gasteiger partial charge in [-0.25, -0.2) is 4.39 Å². The van der Waals surface area contributed by atoms with Gasteiger partial charge in [0.25, 0.3) is 0 Å². The van der Waals surface area contributed by atoms with Crippen LogP contribution in [-0.4, -0.2) is 6.29 Å².